The smallest absolute Gasteiger partial charge is 0.315 e. The Labute approximate surface area is 168 Å². The number of ether oxygens (including phenoxy) is 1. The third-order valence-electron chi connectivity index (χ3n) is 4.18. The number of hydrogen-bond donors (Lipinski definition) is 2. The van der Waals surface area contributed by atoms with Crippen molar-refractivity contribution >= 4 is 40.0 Å². The molecule has 140 valence electrons. The summed E-state index contributed by atoms with van der Waals surface area (Å²) in [6, 6.07) is 7.02. The minimum Gasteiger partial charge on any atom is -0.403 e. The SMILES string of the molecule is Fc1cc(I)ccc1Nc1cnccc1-c1nnc(NCC2CCCO2)o1. The number of benzene rings is 1. The van der Waals surface area contributed by atoms with Gasteiger partial charge in [-0.2, -0.15) is 0 Å². The summed E-state index contributed by atoms with van der Waals surface area (Å²) in [7, 11) is 0. The Morgan fingerprint density at radius 2 is 2.15 bits per heavy atom. The first-order chi connectivity index (χ1) is 13.2. The molecule has 0 bridgehead atoms. The lowest BCUT2D eigenvalue weighted by Gasteiger charge is -2.10. The van der Waals surface area contributed by atoms with Crippen LogP contribution < -0.4 is 10.6 Å². The van der Waals surface area contributed by atoms with E-state index in [0.29, 0.717) is 35.4 Å². The predicted octanol–water partition coefficient (Wildman–Crippen LogP) is 4.21. The number of hydrogen-bond acceptors (Lipinski definition) is 7. The van der Waals surface area contributed by atoms with Gasteiger partial charge in [-0.05, 0) is 59.7 Å². The zero-order chi connectivity index (χ0) is 18.6. The van der Waals surface area contributed by atoms with Gasteiger partial charge in [0.15, 0.2) is 0 Å². The molecule has 3 heterocycles. The van der Waals surface area contributed by atoms with Crippen LogP contribution in [0.25, 0.3) is 11.5 Å². The highest BCUT2D eigenvalue weighted by Crippen LogP contribution is 2.30. The molecule has 1 aliphatic heterocycles. The summed E-state index contributed by atoms with van der Waals surface area (Å²) >= 11 is 2.06. The minimum absolute atomic E-state index is 0.169. The van der Waals surface area contributed by atoms with Crippen molar-refractivity contribution in [2.75, 3.05) is 23.8 Å². The molecule has 0 saturated carbocycles. The molecule has 1 aliphatic rings. The standard InChI is InChI=1S/C18H17FIN5O2/c19-14-8-11(20)3-4-15(14)23-16-10-21-6-5-13(16)17-24-25-18(27-17)22-9-12-2-1-7-26-12/h3-6,8,10,12,23H,1-2,7,9H2,(H,22,25). The maximum absolute atomic E-state index is 14.2. The van der Waals surface area contributed by atoms with Crippen molar-refractivity contribution in [2.45, 2.75) is 18.9 Å². The highest BCUT2D eigenvalue weighted by atomic mass is 127. The zero-order valence-corrected chi connectivity index (χ0v) is 16.4. The zero-order valence-electron chi connectivity index (χ0n) is 14.3. The predicted molar refractivity (Wildman–Crippen MR) is 107 cm³/mol. The van der Waals surface area contributed by atoms with Crippen LogP contribution in [0.2, 0.25) is 0 Å². The molecular formula is C18H17FIN5O2. The molecule has 4 rings (SSSR count). The van der Waals surface area contributed by atoms with E-state index in [9.17, 15) is 4.39 Å². The van der Waals surface area contributed by atoms with E-state index in [1.54, 1.807) is 24.5 Å². The lowest BCUT2D eigenvalue weighted by Crippen LogP contribution is -2.18. The van der Waals surface area contributed by atoms with Gasteiger partial charge in [-0.1, -0.05) is 5.10 Å². The Morgan fingerprint density at radius 3 is 2.96 bits per heavy atom. The van der Waals surface area contributed by atoms with E-state index in [4.69, 9.17) is 9.15 Å². The summed E-state index contributed by atoms with van der Waals surface area (Å²) < 4.78 is 26.3. The highest BCUT2D eigenvalue weighted by molar-refractivity contribution is 14.1. The van der Waals surface area contributed by atoms with Crippen LogP contribution in [0.3, 0.4) is 0 Å². The lowest BCUT2D eigenvalue weighted by atomic mass is 10.2. The van der Waals surface area contributed by atoms with Crippen LogP contribution >= 0.6 is 22.6 Å². The average molecular weight is 481 g/mol. The summed E-state index contributed by atoms with van der Waals surface area (Å²) in [6.07, 6.45) is 5.48. The van der Waals surface area contributed by atoms with E-state index >= 15 is 0 Å². The van der Waals surface area contributed by atoms with Gasteiger partial charge >= 0.3 is 6.01 Å². The minimum atomic E-state index is -0.346. The van der Waals surface area contributed by atoms with E-state index in [0.717, 1.165) is 23.0 Å². The van der Waals surface area contributed by atoms with Gasteiger partial charge in [0, 0.05) is 22.9 Å². The number of anilines is 3. The Morgan fingerprint density at radius 1 is 1.22 bits per heavy atom. The van der Waals surface area contributed by atoms with Crippen LogP contribution in [0.15, 0.2) is 41.1 Å². The quantitative estimate of drug-likeness (QED) is 0.511. The Bertz CT molecular complexity index is 930. The monoisotopic (exact) mass is 481 g/mol. The largest absolute Gasteiger partial charge is 0.403 e. The van der Waals surface area contributed by atoms with Crippen LogP contribution in [-0.2, 0) is 4.74 Å². The molecule has 0 aliphatic carbocycles. The summed E-state index contributed by atoms with van der Waals surface area (Å²) in [5, 5.41) is 14.3. The van der Waals surface area contributed by atoms with E-state index in [2.05, 4.69) is 48.4 Å². The number of pyridine rings is 1. The van der Waals surface area contributed by atoms with Crippen LogP contribution in [0, 0.1) is 9.39 Å². The first-order valence-electron chi connectivity index (χ1n) is 8.54. The maximum atomic E-state index is 14.2. The highest BCUT2D eigenvalue weighted by Gasteiger charge is 2.18. The second kappa shape index (κ2) is 8.17. The van der Waals surface area contributed by atoms with Crippen LogP contribution in [0.1, 0.15) is 12.8 Å². The second-order valence-electron chi connectivity index (χ2n) is 6.10. The molecule has 0 amide bonds. The lowest BCUT2D eigenvalue weighted by molar-refractivity contribution is 0.120. The normalized spacial score (nSPS) is 16.4. The van der Waals surface area contributed by atoms with Gasteiger partial charge < -0.3 is 19.8 Å². The molecular weight excluding hydrogens is 464 g/mol. The molecule has 0 radical (unpaired) electrons. The van der Waals surface area contributed by atoms with Gasteiger partial charge in [0.25, 0.3) is 5.89 Å². The summed E-state index contributed by atoms with van der Waals surface area (Å²) in [4.78, 5) is 4.10. The van der Waals surface area contributed by atoms with E-state index in [1.807, 2.05) is 6.07 Å². The van der Waals surface area contributed by atoms with Crippen molar-refractivity contribution in [2.24, 2.45) is 0 Å². The summed E-state index contributed by atoms with van der Waals surface area (Å²) in [5.74, 6) is -0.0261. The van der Waals surface area contributed by atoms with E-state index in [1.165, 1.54) is 6.07 Å². The fourth-order valence-electron chi connectivity index (χ4n) is 2.83. The summed E-state index contributed by atoms with van der Waals surface area (Å²) in [5.41, 5.74) is 1.56. The number of halogens is 2. The topological polar surface area (TPSA) is 85.1 Å². The molecule has 0 spiro atoms. The molecule has 27 heavy (non-hydrogen) atoms. The van der Waals surface area contributed by atoms with Crippen molar-refractivity contribution < 1.29 is 13.5 Å². The van der Waals surface area contributed by atoms with Crippen molar-refractivity contribution in [1.29, 1.82) is 0 Å². The number of nitrogens with zero attached hydrogens (tertiary/aromatic N) is 3. The fourth-order valence-corrected chi connectivity index (χ4v) is 3.28. The number of rotatable bonds is 6. The van der Waals surface area contributed by atoms with Crippen LogP contribution in [0.5, 0.6) is 0 Å². The van der Waals surface area contributed by atoms with Crippen molar-refractivity contribution in [3.8, 4) is 11.5 Å². The van der Waals surface area contributed by atoms with Gasteiger partial charge in [0.05, 0.1) is 29.2 Å². The van der Waals surface area contributed by atoms with E-state index < -0.39 is 0 Å². The molecule has 1 unspecified atom stereocenters. The van der Waals surface area contributed by atoms with Gasteiger partial charge in [0.2, 0.25) is 0 Å². The van der Waals surface area contributed by atoms with Gasteiger partial charge in [-0.3, -0.25) is 4.98 Å². The van der Waals surface area contributed by atoms with E-state index in [-0.39, 0.29) is 11.9 Å². The Balaban J connectivity index is 1.52. The van der Waals surface area contributed by atoms with Crippen molar-refractivity contribution in [1.82, 2.24) is 15.2 Å². The maximum Gasteiger partial charge on any atom is 0.315 e. The molecule has 9 heteroatoms. The third-order valence-corrected chi connectivity index (χ3v) is 4.85. The third kappa shape index (κ3) is 4.35. The molecule has 2 aromatic heterocycles. The molecule has 1 fully saturated rings. The van der Waals surface area contributed by atoms with Crippen molar-refractivity contribution in [3.05, 3.63) is 46.0 Å². The van der Waals surface area contributed by atoms with Crippen molar-refractivity contribution in [3.63, 3.8) is 0 Å². The average Bonchev–Trinajstić information content (AvgIpc) is 3.34. The van der Waals surface area contributed by atoms with Gasteiger partial charge in [0.1, 0.15) is 5.82 Å². The second-order valence-corrected chi connectivity index (χ2v) is 7.34. The van der Waals surface area contributed by atoms with Gasteiger partial charge in [-0.15, -0.1) is 5.10 Å². The van der Waals surface area contributed by atoms with Crippen LogP contribution in [0.4, 0.5) is 21.8 Å². The van der Waals surface area contributed by atoms with Crippen LogP contribution in [-0.4, -0.2) is 34.4 Å². The molecule has 1 atom stereocenters. The number of nitrogens with one attached hydrogen (secondary N) is 2. The molecule has 2 N–H and O–H groups in total. The fraction of sp³-hybridized carbons (Fsp3) is 0.278. The molecule has 3 aromatic rings. The number of aromatic nitrogens is 3. The first-order valence-corrected chi connectivity index (χ1v) is 9.62. The molecule has 7 nitrogen and oxygen atoms in total. The first kappa shape index (κ1) is 18.1. The summed E-state index contributed by atoms with van der Waals surface area (Å²) in [6.45, 7) is 1.42. The molecule has 1 aromatic carbocycles. The molecule has 1 saturated heterocycles. The Hall–Kier alpha value is -2.27. The van der Waals surface area contributed by atoms with Gasteiger partial charge in [-0.25, -0.2) is 4.39 Å². The Kier molecular flexibility index (Phi) is 5.48.